The van der Waals surface area contributed by atoms with Gasteiger partial charge in [-0.25, -0.2) is 4.98 Å². The maximum absolute atomic E-state index is 5.73. The van der Waals surface area contributed by atoms with Crippen molar-refractivity contribution in [2.75, 3.05) is 0 Å². The highest BCUT2D eigenvalue weighted by atomic mass is 79.9. The number of thiophene rings is 1. The lowest BCUT2D eigenvalue weighted by Gasteiger charge is -2.06. The third-order valence-electron chi connectivity index (χ3n) is 3.73. The van der Waals surface area contributed by atoms with Crippen LogP contribution in [0.4, 0.5) is 0 Å². The highest BCUT2D eigenvalue weighted by Crippen LogP contribution is 2.42. The van der Waals surface area contributed by atoms with E-state index in [1.165, 1.54) is 23.9 Å². The molecule has 0 aliphatic heterocycles. The van der Waals surface area contributed by atoms with Gasteiger partial charge in [-0.15, -0.1) is 11.3 Å². The lowest BCUT2D eigenvalue weighted by atomic mass is 10.2. The summed E-state index contributed by atoms with van der Waals surface area (Å²) >= 11 is 5.24. The average molecular weight is 348 g/mol. The van der Waals surface area contributed by atoms with Crippen LogP contribution in [0.3, 0.4) is 0 Å². The standard InChI is InChI=1S/C15H14BrN3S/c16-14-6-10(8-20-14)15-18-12-5-9(7-17)1-4-13(12)19(15)11-2-3-11/h1,4-6,8,11H,2-3,7,17H2. The topological polar surface area (TPSA) is 43.8 Å². The molecular formula is C15H14BrN3S. The fourth-order valence-corrected chi connectivity index (χ4v) is 3.74. The molecule has 0 amide bonds. The van der Waals surface area contributed by atoms with Crippen molar-refractivity contribution in [2.24, 2.45) is 5.73 Å². The predicted octanol–water partition coefficient (Wildman–Crippen LogP) is 4.32. The molecule has 0 bridgehead atoms. The summed E-state index contributed by atoms with van der Waals surface area (Å²) in [4.78, 5) is 4.86. The van der Waals surface area contributed by atoms with E-state index < -0.39 is 0 Å². The van der Waals surface area contributed by atoms with Crippen molar-refractivity contribution in [2.45, 2.75) is 25.4 Å². The maximum Gasteiger partial charge on any atom is 0.142 e. The summed E-state index contributed by atoms with van der Waals surface area (Å²) in [7, 11) is 0. The van der Waals surface area contributed by atoms with Crippen molar-refractivity contribution in [3.05, 3.63) is 39.0 Å². The zero-order valence-corrected chi connectivity index (χ0v) is 13.2. The van der Waals surface area contributed by atoms with Gasteiger partial charge in [-0.05, 0) is 52.5 Å². The van der Waals surface area contributed by atoms with Gasteiger partial charge in [0.2, 0.25) is 0 Å². The summed E-state index contributed by atoms with van der Waals surface area (Å²) in [5.74, 6) is 1.08. The van der Waals surface area contributed by atoms with Gasteiger partial charge in [0.15, 0.2) is 0 Å². The van der Waals surface area contributed by atoms with Crippen molar-refractivity contribution in [3.63, 3.8) is 0 Å². The molecule has 2 aromatic heterocycles. The first-order valence-electron chi connectivity index (χ1n) is 6.71. The third kappa shape index (κ3) is 2.01. The Morgan fingerprint density at radius 1 is 1.35 bits per heavy atom. The molecule has 102 valence electrons. The summed E-state index contributed by atoms with van der Waals surface area (Å²) in [5, 5.41) is 2.16. The number of nitrogens with zero attached hydrogens (tertiary/aromatic N) is 2. The molecule has 3 nitrogen and oxygen atoms in total. The molecule has 5 heteroatoms. The molecule has 3 aromatic rings. The largest absolute Gasteiger partial charge is 0.326 e. The second-order valence-electron chi connectivity index (χ2n) is 5.20. The highest BCUT2D eigenvalue weighted by Gasteiger charge is 2.28. The molecule has 0 spiro atoms. The molecule has 0 saturated heterocycles. The first-order valence-corrected chi connectivity index (χ1v) is 8.39. The van der Waals surface area contributed by atoms with Gasteiger partial charge >= 0.3 is 0 Å². The summed E-state index contributed by atoms with van der Waals surface area (Å²) in [6.45, 7) is 0.561. The molecule has 1 aliphatic rings. The molecule has 0 unspecified atom stereocenters. The lowest BCUT2D eigenvalue weighted by Crippen LogP contribution is -1.97. The van der Waals surface area contributed by atoms with Crippen LogP contribution in [0.1, 0.15) is 24.4 Å². The van der Waals surface area contributed by atoms with Crippen LogP contribution in [-0.4, -0.2) is 9.55 Å². The summed E-state index contributed by atoms with van der Waals surface area (Å²) < 4.78 is 3.54. The number of fused-ring (bicyclic) bond motifs is 1. The van der Waals surface area contributed by atoms with Crippen LogP contribution in [0.15, 0.2) is 33.4 Å². The van der Waals surface area contributed by atoms with Crippen molar-refractivity contribution in [3.8, 4) is 11.4 Å². The highest BCUT2D eigenvalue weighted by molar-refractivity contribution is 9.11. The van der Waals surface area contributed by atoms with Crippen LogP contribution in [0.2, 0.25) is 0 Å². The van der Waals surface area contributed by atoms with Crippen LogP contribution in [0.5, 0.6) is 0 Å². The second kappa shape index (κ2) is 4.69. The molecule has 1 saturated carbocycles. The van der Waals surface area contributed by atoms with E-state index in [0.29, 0.717) is 12.6 Å². The minimum absolute atomic E-state index is 0.561. The number of halogens is 1. The Hall–Kier alpha value is -1.17. The monoisotopic (exact) mass is 347 g/mol. The fourth-order valence-electron chi connectivity index (χ4n) is 2.60. The van der Waals surface area contributed by atoms with Gasteiger partial charge in [0.25, 0.3) is 0 Å². The minimum atomic E-state index is 0.561. The number of nitrogens with two attached hydrogens (primary N) is 1. The Bertz CT molecular complexity index is 786. The number of hydrogen-bond acceptors (Lipinski definition) is 3. The van der Waals surface area contributed by atoms with Gasteiger partial charge in [-0.3, -0.25) is 0 Å². The Morgan fingerprint density at radius 3 is 2.85 bits per heavy atom. The molecule has 1 aliphatic carbocycles. The van der Waals surface area contributed by atoms with Gasteiger partial charge in [-0.2, -0.15) is 0 Å². The molecule has 0 atom stereocenters. The Kier molecular flexibility index (Phi) is 2.94. The number of imidazole rings is 1. The fraction of sp³-hybridized carbons (Fsp3) is 0.267. The van der Waals surface area contributed by atoms with E-state index in [2.05, 4.69) is 50.1 Å². The smallest absolute Gasteiger partial charge is 0.142 e. The van der Waals surface area contributed by atoms with Gasteiger partial charge in [0, 0.05) is 23.5 Å². The number of benzene rings is 1. The quantitative estimate of drug-likeness (QED) is 0.766. The normalized spacial score (nSPS) is 15.1. The SMILES string of the molecule is NCc1ccc2c(c1)nc(-c1csc(Br)c1)n2C1CC1. The molecule has 1 aromatic carbocycles. The predicted molar refractivity (Wildman–Crippen MR) is 86.9 cm³/mol. The van der Waals surface area contributed by atoms with Crippen LogP contribution < -0.4 is 5.73 Å². The van der Waals surface area contributed by atoms with Gasteiger partial charge in [-0.1, -0.05) is 6.07 Å². The first kappa shape index (κ1) is 12.6. The van der Waals surface area contributed by atoms with E-state index >= 15 is 0 Å². The van der Waals surface area contributed by atoms with Gasteiger partial charge in [0.1, 0.15) is 5.82 Å². The molecule has 20 heavy (non-hydrogen) atoms. The number of hydrogen-bond donors (Lipinski definition) is 1. The van der Waals surface area contributed by atoms with E-state index in [-0.39, 0.29) is 0 Å². The van der Waals surface area contributed by atoms with Crippen molar-refractivity contribution in [1.82, 2.24) is 9.55 Å². The van der Waals surface area contributed by atoms with Crippen molar-refractivity contribution < 1.29 is 0 Å². The maximum atomic E-state index is 5.73. The van der Waals surface area contributed by atoms with Crippen LogP contribution >= 0.6 is 27.3 Å². The van der Waals surface area contributed by atoms with Gasteiger partial charge in [0.05, 0.1) is 14.8 Å². The van der Waals surface area contributed by atoms with Crippen LogP contribution in [-0.2, 0) is 6.54 Å². The average Bonchev–Trinajstić information content (AvgIpc) is 3.09. The van der Waals surface area contributed by atoms with Crippen LogP contribution in [0.25, 0.3) is 22.4 Å². The van der Waals surface area contributed by atoms with Gasteiger partial charge < -0.3 is 10.3 Å². The summed E-state index contributed by atoms with van der Waals surface area (Å²) in [5.41, 5.74) is 10.3. The molecule has 2 heterocycles. The zero-order valence-electron chi connectivity index (χ0n) is 10.8. The van der Waals surface area contributed by atoms with E-state index in [1.807, 2.05) is 0 Å². The Morgan fingerprint density at radius 2 is 2.20 bits per heavy atom. The molecule has 2 N–H and O–H groups in total. The number of rotatable bonds is 3. The van der Waals surface area contributed by atoms with E-state index in [4.69, 9.17) is 10.7 Å². The van der Waals surface area contributed by atoms with E-state index in [0.717, 1.165) is 20.7 Å². The second-order valence-corrected chi connectivity index (χ2v) is 7.49. The summed E-state index contributed by atoms with van der Waals surface area (Å²) in [6, 6.07) is 9.13. The molecule has 4 rings (SSSR count). The summed E-state index contributed by atoms with van der Waals surface area (Å²) in [6.07, 6.45) is 2.50. The van der Waals surface area contributed by atoms with Crippen molar-refractivity contribution >= 4 is 38.3 Å². The van der Waals surface area contributed by atoms with Crippen LogP contribution in [0, 0.1) is 0 Å². The first-order chi connectivity index (χ1) is 9.76. The third-order valence-corrected chi connectivity index (χ3v) is 5.23. The Labute approximate surface area is 129 Å². The minimum Gasteiger partial charge on any atom is -0.326 e. The molecular weight excluding hydrogens is 334 g/mol. The number of aromatic nitrogens is 2. The molecule has 0 radical (unpaired) electrons. The van der Waals surface area contributed by atoms with Crippen molar-refractivity contribution in [1.29, 1.82) is 0 Å². The zero-order chi connectivity index (χ0) is 13.7. The molecule has 1 fully saturated rings. The van der Waals surface area contributed by atoms with E-state index in [1.54, 1.807) is 11.3 Å². The Balaban J connectivity index is 1.96. The lowest BCUT2D eigenvalue weighted by molar-refractivity contribution is 0.775. The van der Waals surface area contributed by atoms with E-state index in [9.17, 15) is 0 Å².